The fraction of sp³-hybridized carbons (Fsp3) is 0.462. The van der Waals surface area contributed by atoms with E-state index in [-0.39, 0.29) is 5.69 Å². The lowest BCUT2D eigenvalue weighted by molar-refractivity contribution is -0.384. The van der Waals surface area contributed by atoms with E-state index in [0.29, 0.717) is 9.88 Å². The molecule has 0 amide bonds. The average molecular weight is 293 g/mol. The van der Waals surface area contributed by atoms with Crippen LogP contribution < -0.4 is 0 Å². The molecule has 106 valence electrons. The molecular weight excluding hydrogens is 278 g/mol. The zero-order valence-electron chi connectivity index (χ0n) is 11.1. The van der Waals surface area contributed by atoms with Crippen LogP contribution in [0.1, 0.15) is 42.1 Å². The SMILES string of the molecule is C[C@H](O)c1cc([N+](=O)[O-])c(-n2cnc3c2CCCC3)s1. The number of thiophene rings is 1. The second-order valence-corrected chi connectivity index (χ2v) is 6.05. The molecule has 0 aliphatic heterocycles. The third kappa shape index (κ3) is 2.12. The van der Waals surface area contributed by atoms with Crippen molar-refractivity contribution in [1.82, 2.24) is 9.55 Å². The average Bonchev–Trinajstić information content (AvgIpc) is 3.02. The molecule has 0 saturated heterocycles. The van der Waals surface area contributed by atoms with Crippen LogP contribution in [-0.4, -0.2) is 19.6 Å². The minimum absolute atomic E-state index is 0.0386. The molecule has 0 fully saturated rings. The number of imidazole rings is 1. The lowest BCUT2D eigenvalue weighted by atomic mass is 10.0. The van der Waals surface area contributed by atoms with Crippen molar-refractivity contribution in [3.8, 4) is 5.00 Å². The predicted octanol–water partition coefficient (Wildman–Crippen LogP) is 2.77. The molecular formula is C13H15N3O3S. The summed E-state index contributed by atoms with van der Waals surface area (Å²) in [5, 5.41) is 21.4. The first-order chi connectivity index (χ1) is 9.58. The van der Waals surface area contributed by atoms with Crippen LogP contribution in [-0.2, 0) is 12.8 Å². The number of aryl methyl sites for hydroxylation is 1. The molecule has 0 saturated carbocycles. The fourth-order valence-corrected chi connectivity index (χ4v) is 3.60. The zero-order chi connectivity index (χ0) is 14.3. The van der Waals surface area contributed by atoms with E-state index in [2.05, 4.69) is 4.98 Å². The van der Waals surface area contributed by atoms with Gasteiger partial charge in [0.25, 0.3) is 0 Å². The molecule has 0 unspecified atom stereocenters. The molecule has 1 N–H and O–H groups in total. The molecule has 0 radical (unpaired) electrons. The Balaban J connectivity index is 2.13. The second kappa shape index (κ2) is 4.99. The summed E-state index contributed by atoms with van der Waals surface area (Å²) in [4.78, 5) is 15.8. The number of hydrogen-bond donors (Lipinski definition) is 1. The van der Waals surface area contributed by atoms with E-state index in [1.165, 1.54) is 17.4 Å². The molecule has 0 spiro atoms. The van der Waals surface area contributed by atoms with Crippen LogP contribution in [0.15, 0.2) is 12.4 Å². The van der Waals surface area contributed by atoms with Crippen molar-refractivity contribution < 1.29 is 10.0 Å². The smallest absolute Gasteiger partial charge is 0.304 e. The Morgan fingerprint density at radius 1 is 1.50 bits per heavy atom. The van der Waals surface area contributed by atoms with E-state index in [9.17, 15) is 15.2 Å². The van der Waals surface area contributed by atoms with Crippen LogP contribution in [0.5, 0.6) is 0 Å². The topological polar surface area (TPSA) is 81.2 Å². The summed E-state index contributed by atoms with van der Waals surface area (Å²) >= 11 is 1.26. The Morgan fingerprint density at radius 2 is 2.25 bits per heavy atom. The van der Waals surface area contributed by atoms with E-state index in [0.717, 1.165) is 37.1 Å². The minimum atomic E-state index is -0.702. The van der Waals surface area contributed by atoms with Crippen LogP contribution in [0.2, 0.25) is 0 Å². The van der Waals surface area contributed by atoms with Crippen LogP contribution in [0.4, 0.5) is 5.69 Å². The lowest BCUT2D eigenvalue weighted by Gasteiger charge is -2.12. The quantitative estimate of drug-likeness (QED) is 0.697. The summed E-state index contributed by atoms with van der Waals surface area (Å²) in [6, 6.07) is 1.46. The summed E-state index contributed by atoms with van der Waals surface area (Å²) in [7, 11) is 0. The first-order valence-corrected chi connectivity index (χ1v) is 7.41. The van der Waals surface area contributed by atoms with Crippen molar-refractivity contribution in [3.05, 3.63) is 38.8 Å². The van der Waals surface area contributed by atoms with Gasteiger partial charge in [-0.25, -0.2) is 4.98 Å². The maximum atomic E-state index is 11.2. The van der Waals surface area contributed by atoms with Crippen LogP contribution in [0.25, 0.3) is 5.00 Å². The lowest BCUT2D eigenvalue weighted by Crippen LogP contribution is -2.06. The number of fused-ring (bicyclic) bond motifs is 1. The monoisotopic (exact) mass is 293 g/mol. The van der Waals surface area contributed by atoms with Crippen molar-refractivity contribution in [2.75, 3.05) is 0 Å². The van der Waals surface area contributed by atoms with Gasteiger partial charge in [0.05, 0.1) is 16.7 Å². The van der Waals surface area contributed by atoms with Crippen molar-refractivity contribution in [1.29, 1.82) is 0 Å². The molecule has 1 aliphatic carbocycles. The van der Waals surface area contributed by atoms with Gasteiger partial charge in [-0.05, 0) is 32.6 Å². The standard InChI is InChI=1S/C13H15N3O3S/c1-8(17)12-6-11(16(18)19)13(20-12)15-7-14-9-4-2-3-5-10(9)15/h6-8,17H,2-5H2,1H3/t8-/m0/s1. The van der Waals surface area contributed by atoms with E-state index in [1.807, 2.05) is 4.57 Å². The largest absolute Gasteiger partial charge is 0.388 e. The van der Waals surface area contributed by atoms with Gasteiger partial charge in [-0.3, -0.25) is 14.7 Å². The summed E-state index contributed by atoms with van der Waals surface area (Å²) in [6.07, 6.45) is 5.00. The highest BCUT2D eigenvalue weighted by atomic mass is 32.1. The number of aliphatic hydroxyl groups excluding tert-OH is 1. The highest BCUT2D eigenvalue weighted by Gasteiger charge is 2.26. The number of rotatable bonds is 3. The predicted molar refractivity (Wildman–Crippen MR) is 75.4 cm³/mol. The molecule has 0 bridgehead atoms. The zero-order valence-corrected chi connectivity index (χ0v) is 11.9. The van der Waals surface area contributed by atoms with Crippen molar-refractivity contribution >= 4 is 17.0 Å². The summed E-state index contributed by atoms with van der Waals surface area (Å²) in [5.41, 5.74) is 2.15. The molecule has 2 heterocycles. The summed E-state index contributed by atoms with van der Waals surface area (Å²) < 4.78 is 1.82. The van der Waals surface area contributed by atoms with Crippen LogP contribution in [0, 0.1) is 10.1 Å². The molecule has 20 heavy (non-hydrogen) atoms. The van der Waals surface area contributed by atoms with Gasteiger partial charge in [-0.2, -0.15) is 0 Å². The van der Waals surface area contributed by atoms with E-state index in [4.69, 9.17) is 0 Å². The van der Waals surface area contributed by atoms with Gasteiger partial charge in [-0.15, -0.1) is 11.3 Å². The Hall–Kier alpha value is -1.73. The maximum absolute atomic E-state index is 11.2. The molecule has 0 aromatic carbocycles. The molecule has 2 aromatic heterocycles. The molecule has 2 aromatic rings. The van der Waals surface area contributed by atoms with Crippen LogP contribution >= 0.6 is 11.3 Å². The Bertz CT molecular complexity index is 660. The molecule has 1 aliphatic rings. The van der Waals surface area contributed by atoms with Gasteiger partial charge in [0.15, 0.2) is 5.00 Å². The Morgan fingerprint density at radius 3 is 2.95 bits per heavy atom. The third-order valence-corrected chi connectivity index (χ3v) is 4.86. The van der Waals surface area contributed by atoms with Crippen LogP contribution in [0.3, 0.4) is 0 Å². The van der Waals surface area contributed by atoms with Crippen molar-refractivity contribution in [3.63, 3.8) is 0 Å². The first-order valence-electron chi connectivity index (χ1n) is 6.59. The number of hydrogen-bond acceptors (Lipinski definition) is 5. The van der Waals surface area contributed by atoms with Gasteiger partial charge in [0.2, 0.25) is 0 Å². The Labute approximate surface area is 119 Å². The number of aliphatic hydroxyl groups is 1. The van der Waals surface area contributed by atoms with E-state index >= 15 is 0 Å². The highest BCUT2D eigenvalue weighted by Crippen LogP contribution is 2.37. The van der Waals surface area contributed by atoms with Gasteiger partial charge in [0, 0.05) is 16.6 Å². The second-order valence-electron chi connectivity index (χ2n) is 4.99. The Kier molecular flexibility index (Phi) is 3.31. The van der Waals surface area contributed by atoms with Gasteiger partial charge in [-0.1, -0.05) is 0 Å². The van der Waals surface area contributed by atoms with Gasteiger partial charge in [0.1, 0.15) is 6.33 Å². The molecule has 6 nitrogen and oxygen atoms in total. The number of nitro groups is 1. The minimum Gasteiger partial charge on any atom is -0.388 e. The number of aromatic nitrogens is 2. The molecule has 1 atom stereocenters. The molecule has 7 heteroatoms. The normalized spacial score (nSPS) is 15.9. The summed E-state index contributed by atoms with van der Waals surface area (Å²) in [6.45, 7) is 1.61. The van der Waals surface area contributed by atoms with Crippen molar-refractivity contribution in [2.45, 2.75) is 38.7 Å². The first kappa shape index (κ1) is 13.3. The van der Waals surface area contributed by atoms with E-state index in [1.54, 1.807) is 13.3 Å². The highest BCUT2D eigenvalue weighted by molar-refractivity contribution is 7.15. The van der Waals surface area contributed by atoms with E-state index < -0.39 is 11.0 Å². The van der Waals surface area contributed by atoms with Crippen molar-refractivity contribution in [2.24, 2.45) is 0 Å². The number of nitrogens with zero attached hydrogens (tertiary/aromatic N) is 3. The van der Waals surface area contributed by atoms with Gasteiger partial charge < -0.3 is 5.11 Å². The van der Waals surface area contributed by atoms with Gasteiger partial charge >= 0.3 is 5.69 Å². The maximum Gasteiger partial charge on any atom is 0.304 e. The fourth-order valence-electron chi connectivity index (χ4n) is 2.54. The summed E-state index contributed by atoms with van der Waals surface area (Å²) in [5.74, 6) is 0. The third-order valence-electron chi connectivity index (χ3n) is 3.57. The molecule has 3 rings (SSSR count).